The summed E-state index contributed by atoms with van der Waals surface area (Å²) in [6.45, 7) is 2.55. The Morgan fingerprint density at radius 3 is 2.81 bits per heavy atom. The van der Waals surface area contributed by atoms with Gasteiger partial charge < -0.3 is 15.0 Å². The Balaban J connectivity index is 1.48. The Labute approximate surface area is 125 Å². The van der Waals surface area contributed by atoms with E-state index in [0.717, 1.165) is 44.6 Å². The number of carbonyl (C=O) groups is 1. The molecule has 112 valence electrons. The predicted octanol–water partition coefficient (Wildman–Crippen LogP) is 2.60. The smallest absolute Gasteiger partial charge is 0.227 e. The maximum atomic E-state index is 11.7. The minimum Gasteiger partial charge on any atom is -0.497 e. The monoisotopic (exact) mass is 286 g/mol. The highest BCUT2D eigenvalue weighted by Gasteiger charge is 2.21. The Morgan fingerprint density at radius 2 is 2.14 bits per heavy atom. The van der Waals surface area contributed by atoms with Gasteiger partial charge in [0.2, 0.25) is 5.91 Å². The van der Waals surface area contributed by atoms with Crippen LogP contribution in [0.15, 0.2) is 36.6 Å². The molecule has 0 aliphatic carbocycles. The Kier molecular flexibility index (Phi) is 4.55. The van der Waals surface area contributed by atoms with Gasteiger partial charge in [0.15, 0.2) is 0 Å². The summed E-state index contributed by atoms with van der Waals surface area (Å²) in [5, 5.41) is 3.43. The zero-order valence-electron chi connectivity index (χ0n) is 12.3. The van der Waals surface area contributed by atoms with Gasteiger partial charge in [-0.1, -0.05) is 12.1 Å². The van der Waals surface area contributed by atoms with Gasteiger partial charge in [-0.25, -0.2) is 0 Å². The minimum absolute atomic E-state index is 0.239. The molecule has 0 aromatic heterocycles. The molecule has 2 aliphatic heterocycles. The summed E-state index contributed by atoms with van der Waals surface area (Å²) >= 11 is 0. The first-order valence-electron chi connectivity index (χ1n) is 7.73. The van der Waals surface area contributed by atoms with E-state index >= 15 is 0 Å². The van der Waals surface area contributed by atoms with Gasteiger partial charge in [-0.3, -0.25) is 4.79 Å². The van der Waals surface area contributed by atoms with Gasteiger partial charge in [-0.05, 0) is 43.0 Å². The highest BCUT2D eigenvalue weighted by molar-refractivity contribution is 5.95. The van der Waals surface area contributed by atoms with Gasteiger partial charge >= 0.3 is 0 Å². The van der Waals surface area contributed by atoms with Crippen LogP contribution in [0.5, 0.6) is 0 Å². The lowest BCUT2D eigenvalue weighted by molar-refractivity contribution is -0.117. The van der Waals surface area contributed by atoms with Crippen molar-refractivity contribution in [1.29, 1.82) is 0 Å². The van der Waals surface area contributed by atoms with Gasteiger partial charge in [-0.15, -0.1) is 0 Å². The van der Waals surface area contributed by atoms with Crippen molar-refractivity contribution >= 4 is 11.6 Å². The largest absolute Gasteiger partial charge is 0.497 e. The summed E-state index contributed by atoms with van der Waals surface area (Å²) in [4.78, 5) is 13.6. The number of ether oxygens (including phenoxy) is 1. The second kappa shape index (κ2) is 6.76. The maximum Gasteiger partial charge on any atom is 0.227 e. The number of allylic oxidation sites excluding steroid dienone is 1. The third-order valence-electron chi connectivity index (χ3n) is 4.05. The molecule has 1 unspecified atom stereocenters. The average Bonchev–Trinajstić information content (AvgIpc) is 2.95. The molecule has 1 aromatic carbocycles. The number of nitrogens with one attached hydrogen (secondary N) is 1. The number of benzene rings is 1. The van der Waals surface area contributed by atoms with Crippen LogP contribution in [0.25, 0.3) is 0 Å². The molecule has 2 heterocycles. The number of rotatable bonds is 5. The fourth-order valence-electron chi connectivity index (χ4n) is 2.83. The Bertz CT molecular complexity index is 510. The molecule has 4 nitrogen and oxygen atoms in total. The predicted molar refractivity (Wildman–Crippen MR) is 83.0 cm³/mol. The highest BCUT2D eigenvalue weighted by Crippen LogP contribution is 2.21. The maximum absolute atomic E-state index is 11.7. The van der Waals surface area contributed by atoms with Crippen LogP contribution in [-0.4, -0.2) is 25.1 Å². The molecule has 2 aliphatic rings. The third kappa shape index (κ3) is 3.64. The molecule has 1 saturated heterocycles. The molecule has 3 rings (SSSR count). The average molecular weight is 286 g/mol. The Morgan fingerprint density at radius 1 is 1.29 bits per heavy atom. The van der Waals surface area contributed by atoms with E-state index < -0.39 is 0 Å². The zero-order valence-corrected chi connectivity index (χ0v) is 12.3. The second-order valence-electron chi connectivity index (χ2n) is 5.65. The van der Waals surface area contributed by atoms with Crippen molar-refractivity contribution in [1.82, 2.24) is 5.32 Å². The van der Waals surface area contributed by atoms with Gasteiger partial charge in [0.1, 0.15) is 6.10 Å². The number of hydrogen-bond acceptors (Lipinski definition) is 3. The van der Waals surface area contributed by atoms with Crippen LogP contribution in [-0.2, 0) is 16.1 Å². The van der Waals surface area contributed by atoms with Crippen LogP contribution in [0.4, 0.5) is 5.69 Å². The number of hydrogen-bond donors (Lipinski definition) is 1. The molecule has 1 amide bonds. The third-order valence-corrected chi connectivity index (χ3v) is 4.05. The van der Waals surface area contributed by atoms with Gasteiger partial charge in [0.25, 0.3) is 0 Å². The van der Waals surface area contributed by atoms with E-state index in [0.29, 0.717) is 6.42 Å². The van der Waals surface area contributed by atoms with Crippen LogP contribution < -0.4 is 10.2 Å². The van der Waals surface area contributed by atoms with Crippen molar-refractivity contribution in [3.63, 3.8) is 0 Å². The summed E-state index contributed by atoms with van der Waals surface area (Å²) in [7, 11) is 0. The second-order valence-corrected chi connectivity index (χ2v) is 5.65. The summed E-state index contributed by atoms with van der Waals surface area (Å²) in [5.74, 6) is 0.239. The first kappa shape index (κ1) is 14.1. The molecule has 21 heavy (non-hydrogen) atoms. The van der Waals surface area contributed by atoms with Crippen LogP contribution in [0.3, 0.4) is 0 Å². The van der Waals surface area contributed by atoms with Gasteiger partial charge in [-0.2, -0.15) is 0 Å². The topological polar surface area (TPSA) is 41.6 Å². The minimum atomic E-state index is 0.239. The molecule has 1 aromatic rings. The van der Waals surface area contributed by atoms with E-state index in [1.54, 1.807) is 6.26 Å². The van der Waals surface area contributed by atoms with Crippen LogP contribution >= 0.6 is 0 Å². The lowest BCUT2D eigenvalue weighted by Gasteiger charge is -2.20. The molecule has 0 bridgehead atoms. The van der Waals surface area contributed by atoms with Crippen LogP contribution in [0.1, 0.15) is 31.2 Å². The fraction of sp³-hybridized carbons (Fsp3) is 0.471. The lowest BCUT2D eigenvalue weighted by atomic mass is 10.1. The zero-order chi connectivity index (χ0) is 14.5. The number of anilines is 1. The molecular formula is C17H22N2O2. The van der Waals surface area contributed by atoms with E-state index in [9.17, 15) is 4.79 Å². The summed E-state index contributed by atoms with van der Waals surface area (Å²) in [6.07, 6.45) is 7.99. The standard InChI is InChI=1S/C17H22N2O2/c20-17-5-3-10-19(17)15-8-6-14(7-9-15)12-18-13-16-4-1-2-11-21-16/h2,6-9,11,16,18H,1,3-5,10,12-13H2. The first-order chi connectivity index (χ1) is 10.3. The number of carbonyl (C=O) groups excluding carboxylic acids is 1. The highest BCUT2D eigenvalue weighted by atomic mass is 16.5. The molecule has 0 spiro atoms. The van der Waals surface area contributed by atoms with Crippen LogP contribution in [0.2, 0.25) is 0 Å². The van der Waals surface area contributed by atoms with Gasteiger partial charge in [0.05, 0.1) is 6.26 Å². The van der Waals surface area contributed by atoms with Crippen molar-refractivity contribution in [2.45, 2.75) is 38.3 Å². The van der Waals surface area contributed by atoms with E-state index in [1.807, 2.05) is 17.0 Å². The summed E-state index contributed by atoms with van der Waals surface area (Å²) < 4.78 is 5.53. The molecule has 4 heteroatoms. The summed E-state index contributed by atoms with van der Waals surface area (Å²) in [5.41, 5.74) is 2.25. The van der Waals surface area contributed by atoms with E-state index in [4.69, 9.17) is 4.74 Å². The molecule has 0 radical (unpaired) electrons. The first-order valence-corrected chi connectivity index (χ1v) is 7.73. The molecule has 1 N–H and O–H groups in total. The normalized spacial score (nSPS) is 21.6. The fourth-order valence-corrected chi connectivity index (χ4v) is 2.83. The van der Waals surface area contributed by atoms with Crippen LogP contribution in [0, 0.1) is 0 Å². The van der Waals surface area contributed by atoms with Crippen molar-refractivity contribution < 1.29 is 9.53 Å². The van der Waals surface area contributed by atoms with E-state index in [-0.39, 0.29) is 12.0 Å². The molecule has 0 saturated carbocycles. The molecule has 1 fully saturated rings. The summed E-state index contributed by atoms with van der Waals surface area (Å²) in [6, 6.07) is 8.27. The quantitative estimate of drug-likeness (QED) is 0.904. The number of amides is 1. The van der Waals surface area contributed by atoms with Crippen molar-refractivity contribution in [3.8, 4) is 0 Å². The number of nitrogens with zero attached hydrogens (tertiary/aromatic N) is 1. The van der Waals surface area contributed by atoms with E-state index in [2.05, 4.69) is 23.5 Å². The van der Waals surface area contributed by atoms with Gasteiger partial charge in [0, 0.05) is 31.7 Å². The molecule has 1 atom stereocenters. The van der Waals surface area contributed by atoms with Crippen molar-refractivity contribution in [2.75, 3.05) is 18.0 Å². The van der Waals surface area contributed by atoms with Crippen molar-refractivity contribution in [2.24, 2.45) is 0 Å². The van der Waals surface area contributed by atoms with E-state index in [1.165, 1.54) is 5.56 Å². The Hall–Kier alpha value is -1.81. The SMILES string of the molecule is O=C1CCCN1c1ccc(CNCC2CCC=CO2)cc1. The lowest BCUT2D eigenvalue weighted by Crippen LogP contribution is -2.28. The molecular weight excluding hydrogens is 264 g/mol. The van der Waals surface area contributed by atoms with Crippen molar-refractivity contribution in [3.05, 3.63) is 42.2 Å².